The smallest absolute Gasteiger partial charge is 0.411 e. The molecule has 0 aliphatic rings. The van der Waals surface area contributed by atoms with Gasteiger partial charge in [-0.1, -0.05) is 42.0 Å². The standard InChI is InChI=1S/C22H18INO4/c1-15-7-12-20(23)19(13-15)21(25)28-18-10-8-17(9-11-18)24-22(26)27-14-16-5-3-2-4-6-16/h2-13H,14H2,1H3,(H,24,26). The fourth-order valence-electron chi connectivity index (χ4n) is 2.44. The van der Waals surface area contributed by atoms with Gasteiger partial charge >= 0.3 is 12.1 Å². The minimum Gasteiger partial charge on any atom is -0.444 e. The van der Waals surface area contributed by atoms with Crippen LogP contribution in [0.3, 0.4) is 0 Å². The van der Waals surface area contributed by atoms with Crippen molar-refractivity contribution in [2.45, 2.75) is 13.5 Å². The second kappa shape index (κ2) is 9.36. The molecule has 5 nitrogen and oxygen atoms in total. The molecule has 0 spiro atoms. The Morgan fingerprint density at radius 2 is 1.68 bits per heavy atom. The zero-order valence-corrected chi connectivity index (χ0v) is 17.3. The summed E-state index contributed by atoms with van der Waals surface area (Å²) >= 11 is 2.10. The van der Waals surface area contributed by atoms with Crippen molar-refractivity contribution in [2.75, 3.05) is 5.32 Å². The van der Waals surface area contributed by atoms with Crippen molar-refractivity contribution in [3.8, 4) is 5.75 Å². The molecule has 0 aliphatic heterocycles. The number of carbonyl (C=O) groups excluding carboxylic acids is 2. The molecule has 142 valence electrons. The van der Waals surface area contributed by atoms with E-state index in [1.54, 1.807) is 30.3 Å². The zero-order valence-electron chi connectivity index (χ0n) is 15.1. The molecule has 0 saturated carbocycles. The lowest BCUT2D eigenvalue weighted by molar-refractivity contribution is 0.0733. The normalized spacial score (nSPS) is 10.2. The van der Waals surface area contributed by atoms with Crippen LogP contribution in [-0.2, 0) is 11.3 Å². The minimum atomic E-state index is -0.553. The van der Waals surface area contributed by atoms with Crippen molar-refractivity contribution < 1.29 is 19.1 Å². The summed E-state index contributed by atoms with van der Waals surface area (Å²) < 4.78 is 11.4. The van der Waals surface area contributed by atoms with Gasteiger partial charge in [0, 0.05) is 9.26 Å². The molecule has 0 aliphatic carbocycles. The maximum absolute atomic E-state index is 12.4. The SMILES string of the molecule is Cc1ccc(I)c(C(=O)Oc2ccc(NC(=O)OCc3ccccc3)cc2)c1. The molecule has 3 rings (SSSR count). The summed E-state index contributed by atoms with van der Waals surface area (Å²) in [5.74, 6) is -0.0263. The second-order valence-electron chi connectivity index (χ2n) is 6.08. The summed E-state index contributed by atoms with van der Waals surface area (Å²) in [7, 11) is 0. The van der Waals surface area contributed by atoms with Crippen molar-refractivity contribution in [3.63, 3.8) is 0 Å². The largest absolute Gasteiger partial charge is 0.444 e. The number of esters is 1. The topological polar surface area (TPSA) is 64.6 Å². The van der Waals surface area contributed by atoms with E-state index in [4.69, 9.17) is 9.47 Å². The Labute approximate surface area is 176 Å². The highest BCUT2D eigenvalue weighted by Gasteiger charge is 2.13. The number of halogens is 1. The van der Waals surface area contributed by atoms with Gasteiger partial charge in [-0.05, 0) is 71.5 Å². The first-order valence-electron chi connectivity index (χ1n) is 8.57. The lowest BCUT2D eigenvalue weighted by Gasteiger charge is -2.09. The molecule has 0 unspecified atom stereocenters. The highest BCUT2D eigenvalue weighted by Crippen LogP contribution is 2.20. The van der Waals surface area contributed by atoms with Gasteiger partial charge in [0.15, 0.2) is 0 Å². The molecule has 1 N–H and O–H groups in total. The van der Waals surface area contributed by atoms with Crippen LogP contribution in [0, 0.1) is 10.5 Å². The van der Waals surface area contributed by atoms with Crippen molar-refractivity contribution in [3.05, 3.63) is 93.1 Å². The van der Waals surface area contributed by atoms with E-state index in [9.17, 15) is 9.59 Å². The van der Waals surface area contributed by atoms with Crippen molar-refractivity contribution >= 4 is 40.3 Å². The van der Waals surface area contributed by atoms with Crippen LogP contribution in [0.25, 0.3) is 0 Å². The number of hydrogen-bond donors (Lipinski definition) is 1. The summed E-state index contributed by atoms with van der Waals surface area (Å²) in [5, 5.41) is 2.64. The second-order valence-corrected chi connectivity index (χ2v) is 7.25. The van der Waals surface area contributed by atoms with E-state index >= 15 is 0 Å². The number of rotatable bonds is 5. The Bertz CT molecular complexity index is 972. The van der Waals surface area contributed by atoms with Gasteiger partial charge in [0.05, 0.1) is 5.56 Å². The summed E-state index contributed by atoms with van der Waals surface area (Å²) in [6.07, 6.45) is -0.553. The van der Waals surface area contributed by atoms with Crippen LogP contribution in [0.15, 0.2) is 72.8 Å². The molecule has 3 aromatic carbocycles. The molecular weight excluding hydrogens is 469 g/mol. The average molecular weight is 487 g/mol. The molecule has 1 amide bonds. The Balaban J connectivity index is 1.55. The van der Waals surface area contributed by atoms with E-state index < -0.39 is 12.1 Å². The van der Waals surface area contributed by atoms with Gasteiger partial charge in [-0.3, -0.25) is 5.32 Å². The third-order valence-corrected chi connectivity index (χ3v) is 4.81. The Morgan fingerprint density at radius 1 is 0.964 bits per heavy atom. The Morgan fingerprint density at radius 3 is 2.39 bits per heavy atom. The number of hydrogen-bond acceptors (Lipinski definition) is 4. The van der Waals surface area contributed by atoms with Gasteiger partial charge in [0.2, 0.25) is 0 Å². The average Bonchev–Trinajstić information content (AvgIpc) is 2.70. The Kier molecular flexibility index (Phi) is 6.65. The lowest BCUT2D eigenvalue weighted by atomic mass is 10.1. The number of amides is 1. The summed E-state index contributed by atoms with van der Waals surface area (Å²) in [6.45, 7) is 2.11. The van der Waals surface area contributed by atoms with Crippen LogP contribution in [0.5, 0.6) is 5.75 Å². The fourth-order valence-corrected chi connectivity index (χ4v) is 3.00. The maximum Gasteiger partial charge on any atom is 0.411 e. The van der Waals surface area contributed by atoms with Crippen LogP contribution in [-0.4, -0.2) is 12.1 Å². The quantitative estimate of drug-likeness (QED) is 0.291. The first kappa shape index (κ1) is 19.9. The van der Waals surface area contributed by atoms with E-state index in [0.29, 0.717) is 17.0 Å². The first-order valence-corrected chi connectivity index (χ1v) is 9.65. The van der Waals surface area contributed by atoms with Gasteiger partial charge in [-0.15, -0.1) is 0 Å². The third kappa shape index (κ3) is 5.56. The Hall–Kier alpha value is -2.87. The number of anilines is 1. The molecule has 6 heteroatoms. The first-order chi connectivity index (χ1) is 13.5. The molecule has 3 aromatic rings. The van der Waals surface area contributed by atoms with Crippen LogP contribution in [0.1, 0.15) is 21.5 Å². The van der Waals surface area contributed by atoms with E-state index in [-0.39, 0.29) is 6.61 Å². The van der Waals surface area contributed by atoms with Crippen molar-refractivity contribution in [1.82, 2.24) is 0 Å². The van der Waals surface area contributed by atoms with Gasteiger partial charge in [0.1, 0.15) is 12.4 Å². The van der Waals surface area contributed by atoms with Crippen LogP contribution >= 0.6 is 22.6 Å². The highest BCUT2D eigenvalue weighted by atomic mass is 127. The van der Waals surface area contributed by atoms with Crippen LogP contribution < -0.4 is 10.1 Å². The number of aryl methyl sites for hydroxylation is 1. The van der Waals surface area contributed by atoms with Crippen LogP contribution in [0.4, 0.5) is 10.5 Å². The summed E-state index contributed by atoms with van der Waals surface area (Å²) in [6, 6.07) is 21.6. The number of ether oxygens (including phenoxy) is 2. The molecule has 28 heavy (non-hydrogen) atoms. The molecule has 0 saturated heterocycles. The molecular formula is C22H18INO4. The van der Waals surface area contributed by atoms with Crippen molar-refractivity contribution in [2.24, 2.45) is 0 Å². The molecule has 0 radical (unpaired) electrons. The van der Waals surface area contributed by atoms with Crippen LogP contribution in [0.2, 0.25) is 0 Å². The lowest BCUT2D eigenvalue weighted by Crippen LogP contribution is -2.13. The monoisotopic (exact) mass is 487 g/mol. The number of nitrogens with one attached hydrogen (secondary N) is 1. The predicted octanol–water partition coefficient (Wildman–Crippen LogP) is 5.57. The van der Waals surface area contributed by atoms with E-state index in [1.165, 1.54) is 0 Å². The molecule has 0 bridgehead atoms. The predicted molar refractivity (Wildman–Crippen MR) is 116 cm³/mol. The van der Waals surface area contributed by atoms with E-state index in [1.807, 2.05) is 49.4 Å². The summed E-state index contributed by atoms with van der Waals surface area (Å²) in [4.78, 5) is 24.2. The van der Waals surface area contributed by atoms with Gasteiger partial charge in [-0.2, -0.15) is 0 Å². The molecule has 0 atom stereocenters. The number of benzene rings is 3. The maximum atomic E-state index is 12.4. The van der Waals surface area contributed by atoms with E-state index in [2.05, 4.69) is 27.9 Å². The van der Waals surface area contributed by atoms with Crippen molar-refractivity contribution in [1.29, 1.82) is 0 Å². The number of carbonyl (C=O) groups is 2. The molecule has 0 heterocycles. The highest BCUT2D eigenvalue weighted by molar-refractivity contribution is 14.1. The molecule has 0 fully saturated rings. The zero-order chi connectivity index (χ0) is 19.9. The molecule has 0 aromatic heterocycles. The summed E-state index contributed by atoms with van der Waals surface area (Å²) in [5.41, 5.74) is 2.96. The fraction of sp³-hybridized carbons (Fsp3) is 0.0909. The minimum absolute atomic E-state index is 0.192. The van der Waals surface area contributed by atoms with Gasteiger partial charge in [0.25, 0.3) is 0 Å². The van der Waals surface area contributed by atoms with Gasteiger partial charge < -0.3 is 9.47 Å². The van der Waals surface area contributed by atoms with Gasteiger partial charge in [-0.25, -0.2) is 9.59 Å². The third-order valence-electron chi connectivity index (χ3n) is 3.87. The van der Waals surface area contributed by atoms with E-state index in [0.717, 1.165) is 14.7 Å².